The molecule has 0 aliphatic heterocycles. The third-order valence-corrected chi connectivity index (χ3v) is 5.08. The lowest BCUT2D eigenvalue weighted by molar-refractivity contribution is -0.249. The average Bonchev–Trinajstić information content (AvgIpc) is 2.54. The van der Waals surface area contributed by atoms with Crippen LogP contribution in [0.25, 0.3) is 0 Å². The first-order valence-corrected chi connectivity index (χ1v) is 11.4. The lowest BCUT2D eigenvalue weighted by Crippen LogP contribution is -2.41. The maximum atomic E-state index is 5.84. The third-order valence-electron chi connectivity index (χ3n) is 3.26. The normalized spacial score (nSPS) is 18.3. The molecule has 0 fully saturated rings. The van der Waals surface area contributed by atoms with Gasteiger partial charge in [0, 0.05) is 19.8 Å². The summed E-state index contributed by atoms with van der Waals surface area (Å²) in [6.07, 6.45) is -3.00. The van der Waals surface area contributed by atoms with E-state index in [1.54, 1.807) is 41.5 Å². The van der Waals surface area contributed by atoms with E-state index in [4.69, 9.17) is 39.8 Å². The van der Waals surface area contributed by atoms with Gasteiger partial charge in [0.1, 0.15) is 18.9 Å². The Bertz CT molecular complexity index is 312. The molecule has 9 nitrogen and oxygen atoms in total. The van der Waals surface area contributed by atoms with Crippen LogP contribution < -0.4 is 0 Å². The van der Waals surface area contributed by atoms with Crippen molar-refractivity contribution >= 4 is 15.1 Å². The molecule has 0 rings (SSSR count). The highest BCUT2D eigenvalue weighted by molar-refractivity contribution is 6.36. The summed E-state index contributed by atoms with van der Waals surface area (Å²) in [5.74, 6) is 0. The fourth-order valence-corrected chi connectivity index (χ4v) is 3.62. The van der Waals surface area contributed by atoms with Gasteiger partial charge in [0.25, 0.3) is 0 Å². The summed E-state index contributed by atoms with van der Waals surface area (Å²) in [7, 11) is 0. The van der Waals surface area contributed by atoms with Crippen LogP contribution in [0.15, 0.2) is 0 Å². The molecule has 0 saturated carbocycles. The predicted molar refractivity (Wildman–Crippen MR) is 104 cm³/mol. The number of hydrogen-bond donors (Lipinski definition) is 0. The average molecular weight is 426 g/mol. The summed E-state index contributed by atoms with van der Waals surface area (Å²) in [4.78, 5) is 0. The van der Waals surface area contributed by atoms with Gasteiger partial charge in [-0.2, -0.15) is 0 Å². The smallest absolute Gasteiger partial charge is 0.431 e. The molecule has 0 spiro atoms. The van der Waals surface area contributed by atoms with Crippen molar-refractivity contribution in [2.45, 2.75) is 100 Å². The Balaban J connectivity index is 4.75. The molecule has 0 saturated heterocycles. The number of ether oxygens (including phenoxy) is 6. The highest BCUT2D eigenvalue weighted by Gasteiger charge is 2.39. The van der Waals surface area contributed by atoms with E-state index in [2.05, 4.69) is 0 Å². The molecule has 10 heteroatoms. The van der Waals surface area contributed by atoms with Gasteiger partial charge >= 0.3 is 15.1 Å². The van der Waals surface area contributed by atoms with E-state index in [-0.39, 0.29) is 0 Å². The fraction of sp³-hybridized carbons (Fsp3) is 1.00. The van der Waals surface area contributed by atoms with Gasteiger partial charge in [-0.25, -0.2) is 0 Å². The van der Waals surface area contributed by atoms with Crippen LogP contribution >= 0.6 is 0 Å². The maximum absolute atomic E-state index is 5.84. The van der Waals surface area contributed by atoms with Gasteiger partial charge < -0.3 is 39.8 Å². The van der Waals surface area contributed by atoms with Gasteiger partial charge in [0.2, 0.25) is 0 Å². The molecule has 0 aliphatic rings. The Hall–Kier alpha value is 0.172. The van der Waals surface area contributed by atoms with E-state index in [9.17, 15) is 0 Å². The van der Waals surface area contributed by atoms with Crippen molar-refractivity contribution in [3.05, 3.63) is 0 Å². The summed E-state index contributed by atoms with van der Waals surface area (Å²) in [6.45, 7) is 18.0. The summed E-state index contributed by atoms with van der Waals surface area (Å²) >= 11 is -2.69. The van der Waals surface area contributed by atoms with Gasteiger partial charge in [0.05, 0.1) is 0 Å². The second-order valence-corrected chi connectivity index (χ2v) is 7.27. The quantitative estimate of drug-likeness (QED) is 0.242. The summed E-state index contributed by atoms with van der Waals surface area (Å²) < 4.78 is 50.5. The summed E-state index contributed by atoms with van der Waals surface area (Å²) in [5, 5.41) is 0. The Labute approximate surface area is 175 Å². The zero-order chi connectivity index (χ0) is 21.5. The van der Waals surface area contributed by atoms with Crippen molar-refractivity contribution in [1.82, 2.24) is 0 Å². The molecule has 0 aromatic carbocycles. The Morgan fingerprint density at radius 2 is 0.714 bits per heavy atom. The molecular formula is C18H39AlO9. The van der Waals surface area contributed by atoms with Crippen LogP contribution in [0, 0.1) is 0 Å². The van der Waals surface area contributed by atoms with E-state index in [0.29, 0.717) is 19.8 Å². The van der Waals surface area contributed by atoms with Gasteiger partial charge in [-0.15, -0.1) is 0 Å². The molecule has 28 heavy (non-hydrogen) atoms. The first kappa shape index (κ1) is 28.2. The van der Waals surface area contributed by atoms with Crippen molar-refractivity contribution in [2.24, 2.45) is 0 Å². The molecule has 0 aromatic rings. The molecule has 0 amide bonds. The Morgan fingerprint density at radius 1 is 0.464 bits per heavy atom. The van der Waals surface area contributed by atoms with E-state index >= 15 is 0 Å². The molecule has 6 atom stereocenters. The van der Waals surface area contributed by atoms with Crippen LogP contribution in [0.5, 0.6) is 0 Å². The van der Waals surface area contributed by atoms with Crippen LogP contribution in [0.1, 0.15) is 62.3 Å². The standard InChI is InChI=1S/3C6H13O3.Al/c3*1-4-8-6(3)9-5(2)7;/h3*5-6H,4H2,1-3H3;/q3*-1;+3. The Kier molecular flexibility index (Phi) is 17.0. The third kappa shape index (κ3) is 15.1. The van der Waals surface area contributed by atoms with E-state index in [1.165, 1.54) is 0 Å². The topological polar surface area (TPSA) is 83.1 Å². The minimum absolute atomic E-state index is 0.409. The van der Waals surface area contributed by atoms with E-state index in [1.807, 2.05) is 20.8 Å². The molecule has 6 unspecified atom stereocenters. The van der Waals surface area contributed by atoms with Crippen LogP contribution in [0.3, 0.4) is 0 Å². The zero-order valence-electron chi connectivity index (χ0n) is 18.8. The van der Waals surface area contributed by atoms with Gasteiger partial charge in [-0.1, -0.05) is 0 Å². The number of hydrogen-bond acceptors (Lipinski definition) is 9. The van der Waals surface area contributed by atoms with E-state index in [0.717, 1.165) is 0 Å². The second kappa shape index (κ2) is 16.9. The molecule has 0 aromatic heterocycles. The van der Waals surface area contributed by atoms with Crippen molar-refractivity contribution in [2.75, 3.05) is 19.8 Å². The molecule has 0 N–H and O–H groups in total. The minimum atomic E-state index is -2.69. The largest absolute Gasteiger partial charge is 0.911 e. The predicted octanol–water partition coefficient (Wildman–Crippen LogP) is 3.26. The molecule has 0 aliphatic carbocycles. The SMILES string of the molecule is CCOC(C)OC(C)[O][Al]([O]C(C)OC(C)OCC)[O]C(C)OC(C)OCC. The van der Waals surface area contributed by atoms with Crippen LogP contribution in [-0.4, -0.2) is 72.7 Å². The molecule has 0 bridgehead atoms. The Morgan fingerprint density at radius 3 is 0.929 bits per heavy atom. The van der Waals surface area contributed by atoms with Crippen LogP contribution in [0.2, 0.25) is 0 Å². The van der Waals surface area contributed by atoms with E-state index < -0.39 is 52.9 Å². The van der Waals surface area contributed by atoms with Gasteiger partial charge in [-0.3, -0.25) is 0 Å². The van der Waals surface area contributed by atoms with Crippen LogP contribution in [0.4, 0.5) is 0 Å². The lowest BCUT2D eigenvalue weighted by Gasteiger charge is -2.27. The molecular weight excluding hydrogens is 387 g/mol. The number of rotatable bonds is 18. The first-order chi connectivity index (χ1) is 13.2. The molecule has 0 heterocycles. The second-order valence-electron chi connectivity index (χ2n) is 5.88. The summed E-state index contributed by atoms with van der Waals surface area (Å²) in [6, 6.07) is 0. The van der Waals surface area contributed by atoms with Crippen molar-refractivity contribution in [3.8, 4) is 0 Å². The fourth-order valence-electron chi connectivity index (χ4n) is 2.29. The molecule has 0 radical (unpaired) electrons. The summed E-state index contributed by atoms with van der Waals surface area (Å²) in [5.41, 5.74) is 0. The maximum Gasteiger partial charge on any atom is 0.911 e. The molecule has 168 valence electrons. The van der Waals surface area contributed by atoms with Gasteiger partial charge in [0.15, 0.2) is 18.9 Å². The minimum Gasteiger partial charge on any atom is -0.431 e. The monoisotopic (exact) mass is 426 g/mol. The zero-order valence-corrected chi connectivity index (χ0v) is 20.0. The van der Waals surface area contributed by atoms with Gasteiger partial charge in [-0.05, 0) is 62.3 Å². The van der Waals surface area contributed by atoms with Crippen molar-refractivity contribution < 1.29 is 39.8 Å². The van der Waals surface area contributed by atoms with Crippen molar-refractivity contribution in [3.63, 3.8) is 0 Å². The van der Waals surface area contributed by atoms with Crippen LogP contribution in [-0.2, 0) is 39.8 Å². The first-order valence-electron chi connectivity index (χ1n) is 9.99. The van der Waals surface area contributed by atoms with Crippen molar-refractivity contribution in [1.29, 1.82) is 0 Å². The highest BCUT2D eigenvalue weighted by atomic mass is 27.3. The lowest BCUT2D eigenvalue weighted by atomic mass is 10.7. The highest BCUT2D eigenvalue weighted by Crippen LogP contribution is 2.12.